The molecule has 140 valence electrons. The molecule has 2 amide bonds. The second-order valence-electron chi connectivity index (χ2n) is 5.90. The molecule has 0 atom stereocenters. The first-order valence-corrected chi connectivity index (χ1v) is 8.39. The zero-order valence-electron chi connectivity index (χ0n) is 14.8. The highest BCUT2D eigenvalue weighted by Gasteiger charge is 2.22. The van der Waals surface area contributed by atoms with Gasteiger partial charge in [0.2, 0.25) is 6.41 Å². The van der Waals surface area contributed by atoms with Crippen LogP contribution in [0.4, 0.5) is 11.5 Å². The highest BCUT2D eigenvalue weighted by atomic mass is 16.5. The van der Waals surface area contributed by atoms with Crippen LogP contribution >= 0.6 is 0 Å². The van der Waals surface area contributed by atoms with Crippen molar-refractivity contribution >= 4 is 29.8 Å². The number of ether oxygens (including phenoxy) is 1. The van der Waals surface area contributed by atoms with Crippen molar-refractivity contribution in [2.75, 3.05) is 38.6 Å². The molecule has 1 aliphatic rings. The summed E-state index contributed by atoms with van der Waals surface area (Å²) in [6.07, 6.45) is 0.786. The van der Waals surface area contributed by atoms with E-state index in [1.54, 1.807) is 46.2 Å². The lowest BCUT2D eigenvalue weighted by atomic mass is 10.2. The molecule has 1 saturated heterocycles. The highest BCUT2D eigenvalue weighted by Crippen LogP contribution is 2.20. The van der Waals surface area contributed by atoms with Crippen LogP contribution < -0.4 is 5.32 Å². The lowest BCUT2D eigenvalue weighted by Crippen LogP contribution is -2.48. The number of methoxy groups -OCH3 is 1. The molecule has 0 unspecified atom stereocenters. The average molecular weight is 369 g/mol. The largest absolute Gasteiger partial charge is 0.465 e. The summed E-state index contributed by atoms with van der Waals surface area (Å²) in [6, 6.07) is 10.1. The Morgan fingerprint density at radius 2 is 1.81 bits per heavy atom. The van der Waals surface area contributed by atoms with Crippen molar-refractivity contribution in [3.05, 3.63) is 47.7 Å². The van der Waals surface area contributed by atoms with Crippen LogP contribution in [0.5, 0.6) is 0 Å². The van der Waals surface area contributed by atoms with Crippen molar-refractivity contribution in [3.8, 4) is 0 Å². The average Bonchev–Trinajstić information content (AvgIpc) is 2.73. The summed E-state index contributed by atoms with van der Waals surface area (Å²) in [5.41, 5.74) is 1.12. The number of aromatic nitrogens is 2. The van der Waals surface area contributed by atoms with Gasteiger partial charge in [-0.15, -0.1) is 10.2 Å². The van der Waals surface area contributed by atoms with Gasteiger partial charge in [-0.25, -0.2) is 4.79 Å². The first-order chi connectivity index (χ1) is 13.1. The van der Waals surface area contributed by atoms with Crippen molar-refractivity contribution in [1.82, 2.24) is 20.0 Å². The molecular weight excluding hydrogens is 350 g/mol. The van der Waals surface area contributed by atoms with Crippen molar-refractivity contribution in [2.24, 2.45) is 0 Å². The third-order valence-corrected chi connectivity index (χ3v) is 4.23. The number of nitrogens with zero attached hydrogens (tertiary/aromatic N) is 4. The number of carbonyl (C=O) groups excluding carboxylic acids is 3. The summed E-state index contributed by atoms with van der Waals surface area (Å²) in [5.74, 6) is -0.296. The fourth-order valence-electron chi connectivity index (χ4n) is 2.72. The molecule has 2 aromatic rings. The Morgan fingerprint density at radius 3 is 2.44 bits per heavy atom. The molecule has 0 spiro atoms. The van der Waals surface area contributed by atoms with Crippen LogP contribution in [0.2, 0.25) is 0 Å². The van der Waals surface area contributed by atoms with Gasteiger partial charge in [0, 0.05) is 26.2 Å². The molecule has 3 rings (SSSR count). The van der Waals surface area contributed by atoms with Crippen LogP contribution in [0.25, 0.3) is 0 Å². The first-order valence-electron chi connectivity index (χ1n) is 8.39. The Kier molecular flexibility index (Phi) is 5.60. The molecule has 0 bridgehead atoms. The number of carbonyl (C=O) groups is 3. The molecule has 9 nitrogen and oxygen atoms in total. The normalized spacial score (nSPS) is 13.8. The van der Waals surface area contributed by atoms with Crippen LogP contribution in [-0.4, -0.2) is 71.6 Å². The molecule has 2 heterocycles. The summed E-state index contributed by atoms with van der Waals surface area (Å²) in [6.45, 7) is 1.94. The van der Waals surface area contributed by atoms with Gasteiger partial charge in [0.15, 0.2) is 11.5 Å². The second-order valence-corrected chi connectivity index (χ2v) is 5.90. The molecule has 9 heteroatoms. The number of amides is 2. The quantitative estimate of drug-likeness (QED) is 0.617. The predicted octanol–water partition coefficient (Wildman–Crippen LogP) is 0.921. The van der Waals surface area contributed by atoms with E-state index in [0.717, 1.165) is 6.41 Å². The lowest BCUT2D eigenvalue weighted by molar-refractivity contribution is -0.119. The number of benzene rings is 1. The zero-order valence-corrected chi connectivity index (χ0v) is 14.8. The van der Waals surface area contributed by atoms with Crippen molar-refractivity contribution in [1.29, 1.82) is 0 Å². The van der Waals surface area contributed by atoms with E-state index in [1.807, 2.05) is 0 Å². The fraction of sp³-hybridized carbons (Fsp3) is 0.278. The number of nitrogens with one attached hydrogen (secondary N) is 1. The van der Waals surface area contributed by atoms with Crippen LogP contribution in [0.15, 0.2) is 36.4 Å². The molecular formula is C18H19N5O4. The molecule has 0 saturated carbocycles. The van der Waals surface area contributed by atoms with E-state index < -0.39 is 5.97 Å². The van der Waals surface area contributed by atoms with Crippen molar-refractivity contribution < 1.29 is 19.1 Å². The number of piperazine rings is 1. The first kappa shape index (κ1) is 18.3. The van der Waals surface area contributed by atoms with E-state index in [2.05, 4.69) is 15.5 Å². The summed E-state index contributed by atoms with van der Waals surface area (Å²) >= 11 is 0. The number of para-hydroxylation sites is 1. The molecule has 0 aliphatic carbocycles. The SMILES string of the molecule is COC(=O)c1ccccc1Nc1ccc(C(=O)N2CCN(C=O)CC2)nn1. The monoisotopic (exact) mass is 369 g/mol. The highest BCUT2D eigenvalue weighted by molar-refractivity contribution is 5.96. The number of anilines is 2. The number of rotatable bonds is 5. The lowest BCUT2D eigenvalue weighted by Gasteiger charge is -2.32. The van der Waals surface area contributed by atoms with Crippen molar-refractivity contribution in [3.63, 3.8) is 0 Å². The van der Waals surface area contributed by atoms with E-state index in [4.69, 9.17) is 4.74 Å². The maximum absolute atomic E-state index is 12.5. The summed E-state index contributed by atoms with van der Waals surface area (Å²) < 4.78 is 4.76. The van der Waals surface area contributed by atoms with Crippen LogP contribution in [0, 0.1) is 0 Å². The Morgan fingerprint density at radius 1 is 1.07 bits per heavy atom. The van der Waals surface area contributed by atoms with E-state index in [9.17, 15) is 14.4 Å². The molecule has 1 aliphatic heterocycles. The number of hydrogen-bond acceptors (Lipinski definition) is 7. The summed E-state index contributed by atoms with van der Waals surface area (Å²) in [5, 5.41) is 11.0. The Balaban J connectivity index is 1.68. The van der Waals surface area contributed by atoms with Gasteiger partial charge in [0.25, 0.3) is 5.91 Å². The van der Waals surface area contributed by atoms with Crippen LogP contribution in [0.3, 0.4) is 0 Å². The van der Waals surface area contributed by atoms with Gasteiger partial charge in [0.05, 0.1) is 18.4 Å². The number of esters is 1. The van der Waals surface area contributed by atoms with Crippen molar-refractivity contribution in [2.45, 2.75) is 0 Å². The minimum absolute atomic E-state index is 0.223. The Labute approximate surface area is 155 Å². The Bertz CT molecular complexity index is 832. The summed E-state index contributed by atoms with van der Waals surface area (Å²) in [7, 11) is 1.31. The molecule has 1 fully saturated rings. The van der Waals surface area contributed by atoms with E-state index in [0.29, 0.717) is 43.2 Å². The van der Waals surface area contributed by atoms with Gasteiger partial charge in [-0.2, -0.15) is 0 Å². The van der Waals surface area contributed by atoms with E-state index in [1.165, 1.54) is 7.11 Å². The van der Waals surface area contributed by atoms with E-state index in [-0.39, 0.29) is 11.6 Å². The Hall–Kier alpha value is -3.49. The zero-order chi connectivity index (χ0) is 19.2. The van der Waals surface area contributed by atoms with Crippen LogP contribution in [-0.2, 0) is 9.53 Å². The minimum atomic E-state index is -0.465. The van der Waals surface area contributed by atoms with Gasteiger partial charge in [-0.05, 0) is 24.3 Å². The topological polar surface area (TPSA) is 105 Å². The fourth-order valence-corrected chi connectivity index (χ4v) is 2.72. The van der Waals surface area contributed by atoms with Gasteiger partial charge in [-0.3, -0.25) is 9.59 Å². The molecule has 1 aromatic heterocycles. The maximum atomic E-state index is 12.5. The van der Waals surface area contributed by atoms with Gasteiger partial charge < -0.3 is 19.9 Å². The third kappa shape index (κ3) is 4.20. The molecule has 0 radical (unpaired) electrons. The minimum Gasteiger partial charge on any atom is -0.465 e. The van der Waals surface area contributed by atoms with Gasteiger partial charge >= 0.3 is 5.97 Å². The smallest absolute Gasteiger partial charge is 0.339 e. The predicted molar refractivity (Wildman–Crippen MR) is 96.6 cm³/mol. The molecule has 1 N–H and O–H groups in total. The maximum Gasteiger partial charge on any atom is 0.339 e. The van der Waals surface area contributed by atoms with Crippen LogP contribution in [0.1, 0.15) is 20.8 Å². The van der Waals surface area contributed by atoms with Gasteiger partial charge in [-0.1, -0.05) is 12.1 Å². The molecule has 27 heavy (non-hydrogen) atoms. The summed E-state index contributed by atoms with van der Waals surface area (Å²) in [4.78, 5) is 38.3. The van der Waals surface area contributed by atoms with E-state index >= 15 is 0 Å². The van der Waals surface area contributed by atoms with Gasteiger partial charge in [0.1, 0.15) is 0 Å². The second kappa shape index (κ2) is 8.26. The standard InChI is InChI=1S/C18H19N5O4/c1-27-18(26)13-4-2-3-5-14(13)19-16-7-6-15(20-21-16)17(25)23-10-8-22(12-24)9-11-23/h2-7,12H,8-11H2,1H3,(H,19,21). The number of hydrogen-bond donors (Lipinski definition) is 1. The third-order valence-electron chi connectivity index (χ3n) is 4.23. The molecule has 1 aromatic carbocycles.